The lowest BCUT2D eigenvalue weighted by Gasteiger charge is -2.20. The second kappa shape index (κ2) is 8.98. The molecule has 0 amide bonds. The Labute approximate surface area is 212 Å². The van der Waals surface area contributed by atoms with E-state index in [0.717, 1.165) is 26.9 Å². The fourth-order valence-electron chi connectivity index (χ4n) is 3.74. The molecule has 3 aromatic carbocycles. The maximum absolute atomic E-state index is 6.39. The van der Waals surface area contributed by atoms with E-state index in [-0.39, 0.29) is 6.79 Å². The molecule has 34 heavy (non-hydrogen) atoms. The molecular formula is C24H16BrClN4O3S. The van der Waals surface area contributed by atoms with Gasteiger partial charge in [0.25, 0.3) is 0 Å². The summed E-state index contributed by atoms with van der Waals surface area (Å²) in [5.74, 6) is 2.36. The molecule has 10 heteroatoms. The van der Waals surface area contributed by atoms with E-state index < -0.39 is 6.23 Å². The van der Waals surface area contributed by atoms with E-state index in [1.54, 1.807) is 0 Å². The number of ether oxygens (including phenoxy) is 3. The zero-order valence-electron chi connectivity index (χ0n) is 17.5. The van der Waals surface area contributed by atoms with Gasteiger partial charge in [-0.3, -0.25) is 0 Å². The molecule has 170 valence electrons. The zero-order chi connectivity index (χ0) is 23.1. The van der Waals surface area contributed by atoms with Crippen molar-refractivity contribution in [1.82, 2.24) is 15.2 Å². The van der Waals surface area contributed by atoms with E-state index in [4.69, 9.17) is 30.8 Å². The molecule has 7 nitrogen and oxygen atoms in total. The molecule has 1 unspecified atom stereocenters. The second-order valence-corrected chi connectivity index (χ2v) is 9.75. The highest BCUT2D eigenvalue weighted by molar-refractivity contribution is 9.10. The molecule has 0 aliphatic carbocycles. The molecule has 6 rings (SSSR count). The van der Waals surface area contributed by atoms with Gasteiger partial charge in [-0.2, -0.15) is 4.98 Å². The van der Waals surface area contributed by atoms with Crippen molar-refractivity contribution in [1.29, 1.82) is 0 Å². The number of nitrogens with zero attached hydrogens (tertiary/aromatic N) is 3. The first-order chi connectivity index (χ1) is 16.7. The number of halogens is 2. The molecule has 0 saturated carbocycles. The Balaban J connectivity index is 1.37. The lowest BCUT2D eigenvalue weighted by Crippen LogP contribution is -2.17. The molecule has 0 saturated heterocycles. The fraction of sp³-hybridized carbons (Fsp3) is 0.125. The van der Waals surface area contributed by atoms with E-state index in [1.807, 2.05) is 60.7 Å². The van der Waals surface area contributed by atoms with Crippen LogP contribution >= 0.6 is 39.3 Å². The van der Waals surface area contributed by atoms with Gasteiger partial charge >= 0.3 is 0 Å². The molecule has 2 aliphatic rings. The van der Waals surface area contributed by atoms with Crippen LogP contribution < -0.4 is 19.5 Å². The zero-order valence-corrected chi connectivity index (χ0v) is 20.7. The van der Waals surface area contributed by atoms with Crippen LogP contribution in [0, 0.1) is 0 Å². The van der Waals surface area contributed by atoms with E-state index in [0.29, 0.717) is 39.0 Å². The van der Waals surface area contributed by atoms with Crippen LogP contribution in [0.3, 0.4) is 0 Å². The van der Waals surface area contributed by atoms with Gasteiger partial charge in [0.05, 0.1) is 0 Å². The number of aromatic nitrogens is 3. The Morgan fingerprint density at radius 3 is 2.71 bits per heavy atom. The minimum absolute atomic E-state index is 0.193. The molecule has 0 radical (unpaired) electrons. The van der Waals surface area contributed by atoms with Gasteiger partial charge in [-0.1, -0.05) is 75.7 Å². The molecule has 3 heterocycles. The number of rotatable bonds is 4. The summed E-state index contributed by atoms with van der Waals surface area (Å²) in [6, 6.07) is 19.3. The van der Waals surface area contributed by atoms with Crippen molar-refractivity contribution in [2.45, 2.75) is 17.1 Å². The molecule has 4 aromatic rings. The van der Waals surface area contributed by atoms with Gasteiger partial charge in [0.15, 0.2) is 23.4 Å². The Hall–Kier alpha value is -3.01. The van der Waals surface area contributed by atoms with Gasteiger partial charge in [-0.05, 0) is 29.8 Å². The lowest BCUT2D eigenvalue weighted by atomic mass is 10.1. The first-order valence-electron chi connectivity index (χ1n) is 10.4. The van der Waals surface area contributed by atoms with Gasteiger partial charge < -0.3 is 19.5 Å². The number of anilines is 1. The smallest absolute Gasteiger partial charge is 0.247 e. The summed E-state index contributed by atoms with van der Waals surface area (Å²) in [5.41, 5.74) is 4.14. The SMILES string of the molecule is Clc1ccccc1CSc1nnc2c(n1)OC(c1cc3c(cc1Br)OCO3)Nc1ccccc1-2. The van der Waals surface area contributed by atoms with Crippen molar-refractivity contribution in [3.63, 3.8) is 0 Å². The summed E-state index contributed by atoms with van der Waals surface area (Å²) in [6.45, 7) is 0.193. The second-order valence-electron chi connectivity index (χ2n) is 7.54. The third-order valence-corrected chi connectivity index (χ3v) is 7.36. The summed E-state index contributed by atoms with van der Waals surface area (Å²) in [7, 11) is 0. The Bertz CT molecular complexity index is 1410. The first-order valence-corrected chi connectivity index (χ1v) is 12.5. The van der Waals surface area contributed by atoms with Crippen LogP contribution in [0.2, 0.25) is 5.02 Å². The molecular weight excluding hydrogens is 540 g/mol. The molecule has 1 aromatic heterocycles. The summed E-state index contributed by atoms with van der Waals surface area (Å²) in [5, 5.41) is 13.5. The van der Waals surface area contributed by atoms with Gasteiger partial charge in [-0.25, -0.2) is 0 Å². The average molecular weight is 556 g/mol. The van der Waals surface area contributed by atoms with E-state index in [1.165, 1.54) is 11.8 Å². The van der Waals surface area contributed by atoms with Crippen molar-refractivity contribution in [3.8, 4) is 28.6 Å². The van der Waals surface area contributed by atoms with Crippen molar-refractivity contribution >= 4 is 45.0 Å². The van der Waals surface area contributed by atoms with Gasteiger partial charge in [0, 0.05) is 32.1 Å². The van der Waals surface area contributed by atoms with Crippen molar-refractivity contribution < 1.29 is 14.2 Å². The topological polar surface area (TPSA) is 78.4 Å². The largest absolute Gasteiger partial charge is 0.454 e. The maximum Gasteiger partial charge on any atom is 0.247 e. The first kappa shape index (κ1) is 21.5. The van der Waals surface area contributed by atoms with Gasteiger partial charge in [0.2, 0.25) is 17.8 Å². The van der Waals surface area contributed by atoms with Crippen LogP contribution in [-0.2, 0) is 5.75 Å². The molecule has 0 fully saturated rings. The third-order valence-electron chi connectivity index (χ3n) is 5.42. The van der Waals surface area contributed by atoms with Crippen LogP contribution in [-0.4, -0.2) is 22.0 Å². The molecule has 1 atom stereocenters. The molecule has 0 bridgehead atoms. The van der Waals surface area contributed by atoms with Crippen molar-refractivity contribution in [2.75, 3.05) is 12.1 Å². The van der Waals surface area contributed by atoms with Gasteiger partial charge in [-0.15, -0.1) is 10.2 Å². The monoisotopic (exact) mass is 554 g/mol. The number of thioether (sulfide) groups is 1. The van der Waals surface area contributed by atoms with Crippen molar-refractivity contribution in [2.24, 2.45) is 0 Å². The maximum atomic E-state index is 6.39. The highest BCUT2D eigenvalue weighted by Gasteiger charge is 2.29. The standard InChI is InChI=1S/C24H16BrClN4O3S/c25-16-10-20-19(31-12-32-20)9-15(16)22-27-18-8-4-2-6-14(18)21-23(33-22)28-24(30-29-21)34-11-13-5-1-3-7-17(13)26/h1-10,22,27H,11-12H2. The Morgan fingerprint density at radius 1 is 1.03 bits per heavy atom. The van der Waals surface area contributed by atoms with Crippen LogP contribution in [0.15, 0.2) is 70.3 Å². The average Bonchev–Trinajstić information content (AvgIpc) is 3.23. The number of fused-ring (bicyclic) bond motifs is 4. The van der Waals surface area contributed by atoms with Crippen molar-refractivity contribution in [3.05, 3.63) is 81.3 Å². The summed E-state index contributed by atoms with van der Waals surface area (Å²) >= 11 is 11.4. The fourth-order valence-corrected chi connectivity index (χ4v) is 5.34. The van der Waals surface area contributed by atoms with Crippen LogP contribution in [0.1, 0.15) is 17.4 Å². The summed E-state index contributed by atoms with van der Waals surface area (Å²) < 4.78 is 18.3. The number of benzene rings is 3. The molecule has 1 N–H and O–H groups in total. The van der Waals surface area contributed by atoms with E-state index in [9.17, 15) is 0 Å². The van der Waals surface area contributed by atoms with E-state index in [2.05, 4.69) is 31.4 Å². The summed E-state index contributed by atoms with van der Waals surface area (Å²) in [4.78, 5) is 4.71. The predicted molar refractivity (Wildman–Crippen MR) is 134 cm³/mol. The Kier molecular flexibility index (Phi) is 5.68. The van der Waals surface area contributed by atoms with E-state index >= 15 is 0 Å². The number of para-hydroxylation sites is 1. The van der Waals surface area contributed by atoms with Crippen LogP contribution in [0.5, 0.6) is 17.4 Å². The lowest BCUT2D eigenvalue weighted by molar-refractivity contribution is 0.173. The quantitative estimate of drug-likeness (QED) is 0.287. The molecule has 0 spiro atoms. The number of nitrogens with one attached hydrogen (secondary N) is 1. The Morgan fingerprint density at radius 2 is 1.82 bits per heavy atom. The predicted octanol–water partition coefficient (Wildman–Crippen LogP) is 6.48. The number of hydrogen-bond donors (Lipinski definition) is 1. The third kappa shape index (κ3) is 4.04. The summed E-state index contributed by atoms with van der Waals surface area (Å²) in [6.07, 6.45) is -0.551. The number of hydrogen-bond acceptors (Lipinski definition) is 8. The van der Waals surface area contributed by atoms with Crippen LogP contribution in [0.25, 0.3) is 11.3 Å². The highest BCUT2D eigenvalue weighted by atomic mass is 79.9. The van der Waals surface area contributed by atoms with Crippen LogP contribution in [0.4, 0.5) is 5.69 Å². The minimum Gasteiger partial charge on any atom is -0.454 e. The molecule has 2 aliphatic heterocycles. The highest BCUT2D eigenvalue weighted by Crippen LogP contribution is 2.44. The van der Waals surface area contributed by atoms with Gasteiger partial charge in [0.1, 0.15) is 0 Å². The minimum atomic E-state index is -0.551. The normalized spacial score (nSPS) is 15.5.